The molecule has 2 unspecified atom stereocenters. The molecule has 0 bridgehead atoms. The highest BCUT2D eigenvalue weighted by Crippen LogP contribution is 2.29. The molecule has 70 valence electrons. The van der Waals surface area contributed by atoms with Crippen LogP contribution in [0.3, 0.4) is 0 Å². The molecular weight excluding hydrogens is 148 g/mol. The SMILES string of the molecule is CC(=CC1CCCC(C)C1)CO. The Labute approximate surface area is 75.5 Å². The quantitative estimate of drug-likeness (QED) is 0.629. The fourth-order valence-corrected chi connectivity index (χ4v) is 2.09. The summed E-state index contributed by atoms with van der Waals surface area (Å²) in [6.07, 6.45) is 7.65. The molecule has 0 aromatic rings. The molecule has 12 heavy (non-hydrogen) atoms. The van der Waals surface area contributed by atoms with Crippen molar-refractivity contribution in [2.75, 3.05) is 6.61 Å². The van der Waals surface area contributed by atoms with Gasteiger partial charge in [0.15, 0.2) is 0 Å². The van der Waals surface area contributed by atoms with Crippen LogP contribution in [-0.4, -0.2) is 11.7 Å². The normalized spacial score (nSPS) is 32.1. The topological polar surface area (TPSA) is 20.2 Å². The first kappa shape index (κ1) is 9.79. The molecule has 0 aliphatic heterocycles. The van der Waals surface area contributed by atoms with Crippen LogP contribution in [0.15, 0.2) is 11.6 Å². The van der Waals surface area contributed by atoms with E-state index in [0.717, 1.165) is 17.4 Å². The Hall–Kier alpha value is -0.300. The van der Waals surface area contributed by atoms with Crippen LogP contribution in [0.25, 0.3) is 0 Å². The van der Waals surface area contributed by atoms with Crippen molar-refractivity contribution >= 4 is 0 Å². The summed E-state index contributed by atoms with van der Waals surface area (Å²) >= 11 is 0. The van der Waals surface area contributed by atoms with Gasteiger partial charge in [-0.2, -0.15) is 0 Å². The molecule has 1 saturated carbocycles. The molecule has 0 saturated heterocycles. The van der Waals surface area contributed by atoms with Gasteiger partial charge >= 0.3 is 0 Å². The van der Waals surface area contributed by atoms with Gasteiger partial charge in [0.2, 0.25) is 0 Å². The Morgan fingerprint density at radius 3 is 2.83 bits per heavy atom. The van der Waals surface area contributed by atoms with E-state index in [1.165, 1.54) is 25.7 Å². The average molecular weight is 168 g/mol. The summed E-state index contributed by atoms with van der Waals surface area (Å²) in [5.41, 5.74) is 1.13. The van der Waals surface area contributed by atoms with E-state index in [4.69, 9.17) is 5.11 Å². The monoisotopic (exact) mass is 168 g/mol. The van der Waals surface area contributed by atoms with Crippen molar-refractivity contribution in [3.63, 3.8) is 0 Å². The molecule has 0 aromatic heterocycles. The second-order valence-electron chi connectivity index (χ2n) is 4.20. The molecule has 1 heteroatoms. The number of hydrogen-bond acceptors (Lipinski definition) is 1. The van der Waals surface area contributed by atoms with E-state index in [0.29, 0.717) is 0 Å². The van der Waals surface area contributed by atoms with Crippen LogP contribution < -0.4 is 0 Å². The lowest BCUT2D eigenvalue weighted by atomic mass is 9.82. The zero-order valence-corrected chi connectivity index (χ0v) is 8.21. The van der Waals surface area contributed by atoms with Crippen LogP contribution in [0.1, 0.15) is 39.5 Å². The predicted molar refractivity (Wildman–Crippen MR) is 52.0 cm³/mol. The summed E-state index contributed by atoms with van der Waals surface area (Å²) in [6, 6.07) is 0. The minimum Gasteiger partial charge on any atom is -0.392 e. The number of rotatable bonds is 2. The first-order valence-electron chi connectivity index (χ1n) is 5.00. The third-order valence-electron chi connectivity index (χ3n) is 2.75. The van der Waals surface area contributed by atoms with E-state index in [-0.39, 0.29) is 6.61 Å². The van der Waals surface area contributed by atoms with Crippen LogP contribution in [-0.2, 0) is 0 Å². The van der Waals surface area contributed by atoms with Gasteiger partial charge < -0.3 is 5.11 Å². The van der Waals surface area contributed by atoms with Crippen molar-refractivity contribution in [1.29, 1.82) is 0 Å². The highest BCUT2D eigenvalue weighted by Gasteiger charge is 2.16. The molecule has 0 spiro atoms. The van der Waals surface area contributed by atoms with E-state index in [1.807, 2.05) is 6.92 Å². The number of aliphatic hydroxyl groups excluding tert-OH is 1. The summed E-state index contributed by atoms with van der Waals surface area (Å²) in [5.74, 6) is 1.62. The number of hydrogen-bond donors (Lipinski definition) is 1. The third-order valence-corrected chi connectivity index (χ3v) is 2.75. The van der Waals surface area contributed by atoms with Crippen LogP contribution in [0.2, 0.25) is 0 Å². The molecule has 1 fully saturated rings. The molecule has 0 heterocycles. The molecule has 1 rings (SSSR count). The van der Waals surface area contributed by atoms with Crippen LogP contribution in [0.4, 0.5) is 0 Å². The highest BCUT2D eigenvalue weighted by atomic mass is 16.3. The second kappa shape index (κ2) is 4.66. The minimum atomic E-state index is 0.227. The maximum atomic E-state index is 8.86. The first-order valence-corrected chi connectivity index (χ1v) is 5.00. The maximum absolute atomic E-state index is 8.86. The summed E-state index contributed by atoms with van der Waals surface area (Å²) < 4.78 is 0. The summed E-state index contributed by atoms with van der Waals surface area (Å²) in [7, 11) is 0. The van der Waals surface area contributed by atoms with E-state index >= 15 is 0 Å². The average Bonchev–Trinajstić information content (AvgIpc) is 2.04. The summed E-state index contributed by atoms with van der Waals surface area (Å²) in [5, 5.41) is 8.86. The van der Waals surface area contributed by atoms with Crippen LogP contribution >= 0.6 is 0 Å². The predicted octanol–water partition coefficient (Wildman–Crippen LogP) is 2.75. The van der Waals surface area contributed by atoms with Gasteiger partial charge in [0.1, 0.15) is 0 Å². The fraction of sp³-hybridized carbons (Fsp3) is 0.818. The fourth-order valence-electron chi connectivity index (χ4n) is 2.09. The maximum Gasteiger partial charge on any atom is 0.0639 e. The van der Waals surface area contributed by atoms with Gasteiger partial charge in [0, 0.05) is 0 Å². The standard InChI is InChI=1S/C11H20O/c1-9-4-3-5-11(6-9)7-10(2)8-12/h7,9,11-12H,3-6,8H2,1-2H3. The molecule has 0 radical (unpaired) electrons. The molecular formula is C11H20O. The largest absolute Gasteiger partial charge is 0.392 e. The van der Waals surface area contributed by atoms with Gasteiger partial charge in [-0.3, -0.25) is 0 Å². The summed E-state index contributed by atoms with van der Waals surface area (Å²) in [4.78, 5) is 0. The van der Waals surface area contributed by atoms with E-state index < -0.39 is 0 Å². The lowest BCUT2D eigenvalue weighted by Gasteiger charge is -2.24. The van der Waals surface area contributed by atoms with Crippen molar-refractivity contribution in [1.82, 2.24) is 0 Å². The van der Waals surface area contributed by atoms with Crippen LogP contribution in [0.5, 0.6) is 0 Å². The Bertz CT molecular complexity index is 160. The lowest BCUT2D eigenvalue weighted by Crippen LogP contribution is -2.11. The van der Waals surface area contributed by atoms with Crippen molar-refractivity contribution in [3.8, 4) is 0 Å². The molecule has 1 aliphatic carbocycles. The van der Waals surface area contributed by atoms with Crippen molar-refractivity contribution in [3.05, 3.63) is 11.6 Å². The minimum absolute atomic E-state index is 0.227. The second-order valence-corrected chi connectivity index (χ2v) is 4.20. The molecule has 0 aromatic carbocycles. The zero-order valence-electron chi connectivity index (χ0n) is 8.21. The van der Waals surface area contributed by atoms with E-state index in [9.17, 15) is 0 Å². The Kier molecular flexibility index (Phi) is 3.80. The summed E-state index contributed by atoms with van der Waals surface area (Å²) in [6.45, 7) is 4.57. The van der Waals surface area contributed by atoms with E-state index in [1.54, 1.807) is 0 Å². The Morgan fingerprint density at radius 1 is 1.50 bits per heavy atom. The van der Waals surface area contributed by atoms with Gasteiger partial charge in [0.05, 0.1) is 6.61 Å². The lowest BCUT2D eigenvalue weighted by molar-refractivity contribution is 0.312. The van der Waals surface area contributed by atoms with Gasteiger partial charge in [-0.15, -0.1) is 0 Å². The molecule has 0 amide bonds. The van der Waals surface area contributed by atoms with Crippen molar-refractivity contribution < 1.29 is 5.11 Å². The highest BCUT2D eigenvalue weighted by molar-refractivity contribution is 5.02. The van der Waals surface area contributed by atoms with Gasteiger partial charge in [-0.1, -0.05) is 31.4 Å². The first-order chi connectivity index (χ1) is 5.72. The molecule has 1 nitrogen and oxygen atoms in total. The Balaban J connectivity index is 2.41. The smallest absolute Gasteiger partial charge is 0.0639 e. The molecule has 1 aliphatic rings. The molecule has 2 atom stereocenters. The van der Waals surface area contributed by atoms with Gasteiger partial charge in [-0.25, -0.2) is 0 Å². The van der Waals surface area contributed by atoms with Gasteiger partial charge in [0.25, 0.3) is 0 Å². The molecule has 1 N–H and O–H groups in total. The number of aliphatic hydroxyl groups is 1. The third kappa shape index (κ3) is 2.98. The van der Waals surface area contributed by atoms with Crippen LogP contribution in [0, 0.1) is 11.8 Å². The van der Waals surface area contributed by atoms with Crippen molar-refractivity contribution in [2.24, 2.45) is 11.8 Å². The zero-order chi connectivity index (χ0) is 8.97. The Morgan fingerprint density at radius 2 is 2.25 bits per heavy atom. The van der Waals surface area contributed by atoms with E-state index in [2.05, 4.69) is 13.0 Å². The van der Waals surface area contributed by atoms with Gasteiger partial charge in [-0.05, 0) is 31.6 Å². The van der Waals surface area contributed by atoms with Crippen molar-refractivity contribution in [2.45, 2.75) is 39.5 Å². The number of allylic oxidation sites excluding steroid dienone is 1.